The first-order chi connectivity index (χ1) is 8.51. The third kappa shape index (κ3) is 3.81. The number of halogens is 1. The number of aliphatic hydroxyl groups excluding tert-OH is 1. The lowest BCUT2D eigenvalue weighted by molar-refractivity contribution is 0.350. The lowest BCUT2D eigenvalue weighted by Gasteiger charge is -2.06. The number of hydrogen-bond donors (Lipinski definition) is 2. The molecular weight excluding hydrogens is 257 g/mol. The Morgan fingerprint density at radius 2 is 2.17 bits per heavy atom. The molecule has 0 aliphatic rings. The maximum Gasteiger partial charge on any atom is 0.243 e. The highest BCUT2D eigenvalue weighted by Crippen LogP contribution is 2.15. The van der Waals surface area contributed by atoms with Crippen molar-refractivity contribution in [3.63, 3.8) is 0 Å². The molecule has 0 fully saturated rings. The summed E-state index contributed by atoms with van der Waals surface area (Å²) in [7, 11) is -3.81. The summed E-state index contributed by atoms with van der Waals surface area (Å²) in [5.74, 6) is 4.00. The molecule has 0 radical (unpaired) electrons. The summed E-state index contributed by atoms with van der Waals surface area (Å²) in [6, 6.07) is 3.59. The molecule has 0 aliphatic heterocycles. The second-order valence-electron chi connectivity index (χ2n) is 3.50. The molecular formula is C12H14FNO3S. The molecule has 0 heterocycles. The molecule has 2 N–H and O–H groups in total. The van der Waals surface area contributed by atoms with Crippen LogP contribution in [0.3, 0.4) is 0 Å². The maximum atomic E-state index is 13.7. The van der Waals surface area contributed by atoms with Gasteiger partial charge in [-0.15, -0.1) is 0 Å². The second kappa shape index (κ2) is 6.50. The average molecular weight is 271 g/mol. The van der Waals surface area contributed by atoms with E-state index in [1.165, 1.54) is 6.07 Å². The van der Waals surface area contributed by atoms with Gasteiger partial charge in [0.05, 0.1) is 0 Å². The summed E-state index contributed by atoms with van der Waals surface area (Å²) in [5, 5.41) is 8.50. The number of hydrogen-bond acceptors (Lipinski definition) is 3. The maximum absolute atomic E-state index is 13.7. The van der Waals surface area contributed by atoms with E-state index in [1.54, 1.807) is 0 Å². The Kier molecular flexibility index (Phi) is 5.28. The number of rotatable bonds is 4. The Labute approximate surface area is 106 Å². The summed E-state index contributed by atoms with van der Waals surface area (Å²) < 4.78 is 39.4. The van der Waals surface area contributed by atoms with Crippen LogP contribution in [0.4, 0.5) is 4.39 Å². The molecule has 0 aliphatic carbocycles. The van der Waals surface area contributed by atoms with Crippen molar-refractivity contribution in [3.8, 4) is 11.8 Å². The standard InChI is InChI=1S/C12H14FNO3S/c1-2-7-14-18(16,17)12-6-5-10(4-3-8-15)9-11(12)13/h5-6,9,14-15H,2,7-8H2,1H3. The minimum Gasteiger partial charge on any atom is -0.384 e. The molecule has 1 aromatic carbocycles. The van der Waals surface area contributed by atoms with Gasteiger partial charge in [0.2, 0.25) is 10.0 Å². The van der Waals surface area contributed by atoms with Crippen molar-refractivity contribution < 1.29 is 17.9 Å². The van der Waals surface area contributed by atoms with Crippen molar-refractivity contribution in [2.75, 3.05) is 13.2 Å². The normalized spacial score (nSPS) is 10.8. The molecule has 18 heavy (non-hydrogen) atoms. The van der Waals surface area contributed by atoms with Crippen molar-refractivity contribution in [2.24, 2.45) is 0 Å². The van der Waals surface area contributed by atoms with Gasteiger partial charge in [-0.3, -0.25) is 0 Å². The van der Waals surface area contributed by atoms with Crippen LogP contribution in [0.5, 0.6) is 0 Å². The molecule has 0 aromatic heterocycles. The lowest BCUT2D eigenvalue weighted by Crippen LogP contribution is -2.25. The predicted octanol–water partition coefficient (Wildman–Crippen LogP) is 0.858. The minimum atomic E-state index is -3.81. The molecule has 4 nitrogen and oxygen atoms in total. The summed E-state index contributed by atoms with van der Waals surface area (Å²) >= 11 is 0. The van der Waals surface area contributed by atoms with E-state index < -0.39 is 20.7 Å². The van der Waals surface area contributed by atoms with E-state index in [9.17, 15) is 12.8 Å². The fourth-order valence-electron chi connectivity index (χ4n) is 1.25. The Morgan fingerprint density at radius 3 is 2.72 bits per heavy atom. The van der Waals surface area contributed by atoms with Crippen molar-refractivity contribution in [2.45, 2.75) is 18.2 Å². The molecule has 0 bridgehead atoms. The zero-order chi connectivity index (χ0) is 13.6. The highest BCUT2D eigenvalue weighted by molar-refractivity contribution is 7.89. The first kappa shape index (κ1) is 14.6. The molecule has 1 rings (SSSR count). The van der Waals surface area contributed by atoms with Crippen molar-refractivity contribution in [1.29, 1.82) is 0 Å². The van der Waals surface area contributed by atoms with E-state index in [0.717, 1.165) is 12.1 Å². The molecule has 0 saturated carbocycles. The van der Waals surface area contributed by atoms with Crippen LogP contribution < -0.4 is 4.72 Å². The number of sulfonamides is 1. The highest BCUT2D eigenvalue weighted by Gasteiger charge is 2.18. The van der Waals surface area contributed by atoms with Gasteiger partial charge >= 0.3 is 0 Å². The molecule has 0 atom stereocenters. The van der Waals surface area contributed by atoms with Crippen LogP contribution in [0.15, 0.2) is 23.1 Å². The lowest BCUT2D eigenvalue weighted by atomic mass is 10.2. The van der Waals surface area contributed by atoms with Gasteiger partial charge in [-0.05, 0) is 24.6 Å². The Balaban J connectivity index is 3.05. The van der Waals surface area contributed by atoms with E-state index >= 15 is 0 Å². The van der Waals surface area contributed by atoms with Crippen LogP contribution in [0, 0.1) is 17.7 Å². The fourth-order valence-corrected chi connectivity index (χ4v) is 2.44. The van der Waals surface area contributed by atoms with Gasteiger partial charge in [0.15, 0.2) is 0 Å². The fraction of sp³-hybridized carbons (Fsp3) is 0.333. The van der Waals surface area contributed by atoms with Crippen LogP contribution in [0.25, 0.3) is 0 Å². The third-order valence-electron chi connectivity index (χ3n) is 2.08. The van der Waals surface area contributed by atoms with E-state index in [1.807, 2.05) is 6.92 Å². The topological polar surface area (TPSA) is 66.4 Å². The van der Waals surface area contributed by atoms with Gasteiger partial charge in [0.25, 0.3) is 0 Å². The van der Waals surface area contributed by atoms with Crippen LogP contribution in [0.2, 0.25) is 0 Å². The molecule has 0 saturated heterocycles. The first-order valence-electron chi connectivity index (χ1n) is 5.40. The predicted molar refractivity (Wildman–Crippen MR) is 65.8 cm³/mol. The summed E-state index contributed by atoms with van der Waals surface area (Å²) in [5.41, 5.74) is 0.316. The van der Waals surface area contributed by atoms with E-state index in [4.69, 9.17) is 5.11 Å². The van der Waals surface area contributed by atoms with Crippen LogP contribution in [-0.2, 0) is 10.0 Å². The molecule has 0 unspecified atom stereocenters. The quantitative estimate of drug-likeness (QED) is 0.798. The number of nitrogens with one attached hydrogen (secondary N) is 1. The number of aliphatic hydroxyl groups is 1. The summed E-state index contributed by atoms with van der Waals surface area (Å²) in [6.45, 7) is 1.74. The van der Waals surface area contributed by atoms with Gasteiger partial charge in [-0.1, -0.05) is 18.8 Å². The van der Waals surface area contributed by atoms with Crippen LogP contribution in [-0.4, -0.2) is 26.7 Å². The summed E-state index contributed by atoms with van der Waals surface area (Å²) in [6.07, 6.45) is 0.626. The summed E-state index contributed by atoms with van der Waals surface area (Å²) in [4.78, 5) is -0.398. The molecule has 6 heteroatoms. The van der Waals surface area contributed by atoms with Gasteiger partial charge < -0.3 is 5.11 Å². The van der Waals surface area contributed by atoms with Crippen LogP contribution >= 0.6 is 0 Å². The smallest absolute Gasteiger partial charge is 0.243 e. The Bertz CT molecular complexity index is 573. The molecule has 1 aromatic rings. The zero-order valence-electron chi connectivity index (χ0n) is 9.90. The van der Waals surface area contributed by atoms with E-state index in [-0.39, 0.29) is 13.2 Å². The number of benzene rings is 1. The monoisotopic (exact) mass is 271 g/mol. The molecule has 98 valence electrons. The van der Waals surface area contributed by atoms with Gasteiger partial charge in [0, 0.05) is 12.1 Å². The van der Waals surface area contributed by atoms with Gasteiger partial charge in [-0.25, -0.2) is 17.5 Å². The van der Waals surface area contributed by atoms with Crippen LogP contribution in [0.1, 0.15) is 18.9 Å². The first-order valence-corrected chi connectivity index (χ1v) is 6.88. The largest absolute Gasteiger partial charge is 0.384 e. The highest BCUT2D eigenvalue weighted by atomic mass is 32.2. The van der Waals surface area contributed by atoms with Crippen molar-refractivity contribution in [1.82, 2.24) is 4.72 Å². The van der Waals surface area contributed by atoms with Gasteiger partial charge in [0.1, 0.15) is 17.3 Å². The Morgan fingerprint density at radius 1 is 1.44 bits per heavy atom. The SMILES string of the molecule is CCCNS(=O)(=O)c1ccc(C#CCO)cc1F. The van der Waals surface area contributed by atoms with E-state index in [0.29, 0.717) is 12.0 Å². The van der Waals surface area contributed by atoms with Crippen molar-refractivity contribution in [3.05, 3.63) is 29.6 Å². The van der Waals surface area contributed by atoms with Crippen molar-refractivity contribution >= 4 is 10.0 Å². The molecule has 0 amide bonds. The third-order valence-corrected chi connectivity index (χ3v) is 3.57. The van der Waals surface area contributed by atoms with Gasteiger partial charge in [-0.2, -0.15) is 0 Å². The second-order valence-corrected chi connectivity index (χ2v) is 5.24. The average Bonchev–Trinajstić information content (AvgIpc) is 2.33. The Hall–Kier alpha value is -1.42. The molecule has 0 spiro atoms. The van der Waals surface area contributed by atoms with E-state index in [2.05, 4.69) is 16.6 Å². The zero-order valence-corrected chi connectivity index (χ0v) is 10.7. The minimum absolute atomic E-state index is 0.258.